The molecule has 1 aromatic carbocycles. The number of rotatable bonds is 3. The third-order valence-electron chi connectivity index (χ3n) is 2.00. The number of hydrogen-bond donors (Lipinski definition) is 1. The molecule has 1 amide bonds. The van der Waals surface area contributed by atoms with E-state index in [1.807, 2.05) is 0 Å². The highest BCUT2D eigenvalue weighted by molar-refractivity contribution is 6.32. The molecule has 0 fully saturated rings. The first-order chi connectivity index (χ1) is 8.20. The van der Waals surface area contributed by atoms with Gasteiger partial charge >= 0.3 is 0 Å². The summed E-state index contributed by atoms with van der Waals surface area (Å²) in [5.74, 6) is 0.111. The average Bonchev–Trinajstić information content (AvgIpc) is 2.82. The normalized spacial score (nSPS) is 10.0. The highest BCUT2D eigenvalue weighted by atomic mass is 35.5. The summed E-state index contributed by atoms with van der Waals surface area (Å²) in [5.41, 5.74) is 0.626. The smallest absolute Gasteiger partial charge is 0.279 e. The Morgan fingerprint density at radius 3 is 2.94 bits per heavy atom. The van der Waals surface area contributed by atoms with Crippen LogP contribution in [0.5, 0.6) is 5.75 Å². The molecule has 1 N–H and O–H groups in total. The van der Waals surface area contributed by atoms with Crippen LogP contribution >= 0.6 is 11.6 Å². The minimum atomic E-state index is -0.424. The van der Waals surface area contributed by atoms with Crippen molar-refractivity contribution in [3.05, 3.63) is 35.1 Å². The lowest BCUT2D eigenvalue weighted by Crippen LogP contribution is -2.12. The number of nitrogens with zero attached hydrogens (tertiary/aromatic N) is 2. The molecule has 0 aliphatic heterocycles. The maximum Gasteiger partial charge on any atom is 0.279 e. The molecule has 1 heterocycles. The molecule has 0 spiro atoms. The van der Waals surface area contributed by atoms with Crippen LogP contribution in [0.2, 0.25) is 5.02 Å². The van der Waals surface area contributed by atoms with Gasteiger partial charge in [0.1, 0.15) is 11.9 Å². The van der Waals surface area contributed by atoms with Crippen LogP contribution in [-0.4, -0.2) is 23.3 Å². The summed E-state index contributed by atoms with van der Waals surface area (Å²) >= 11 is 5.92. The lowest BCUT2D eigenvalue weighted by Gasteiger charge is -2.06. The first-order valence-electron chi connectivity index (χ1n) is 4.63. The van der Waals surface area contributed by atoms with Crippen molar-refractivity contribution >= 4 is 23.2 Å². The van der Waals surface area contributed by atoms with Crippen LogP contribution in [0.3, 0.4) is 0 Å². The summed E-state index contributed by atoms with van der Waals surface area (Å²) in [6.07, 6.45) is 1.22. The number of ether oxygens (including phenoxy) is 1. The Bertz CT molecular complexity index is 528. The van der Waals surface area contributed by atoms with Crippen molar-refractivity contribution in [3.63, 3.8) is 0 Å². The number of methoxy groups -OCH3 is 1. The maximum atomic E-state index is 11.6. The second-order valence-corrected chi connectivity index (χ2v) is 3.50. The van der Waals surface area contributed by atoms with Crippen molar-refractivity contribution in [3.8, 4) is 5.75 Å². The zero-order chi connectivity index (χ0) is 12.3. The molecule has 0 saturated heterocycles. The van der Waals surface area contributed by atoms with Crippen molar-refractivity contribution in [1.29, 1.82) is 0 Å². The van der Waals surface area contributed by atoms with Crippen molar-refractivity contribution in [2.24, 2.45) is 0 Å². The van der Waals surface area contributed by atoms with E-state index < -0.39 is 5.91 Å². The molecule has 17 heavy (non-hydrogen) atoms. The second-order valence-electron chi connectivity index (χ2n) is 3.10. The Hall–Kier alpha value is -2.08. The third kappa shape index (κ3) is 2.54. The maximum absolute atomic E-state index is 11.6. The number of carbonyl (C=O) groups is 1. The third-order valence-corrected chi connectivity index (χ3v) is 2.30. The van der Waals surface area contributed by atoms with Crippen LogP contribution in [0, 0.1) is 0 Å². The van der Waals surface area contributed by atoms with Crippen molar-refractivity contribution in [2.75, 3.05) is 12.4 Å². The number of carbonyl (C=O) groups excluding carboxylic acids is 1. The van der Waals surface area contributed by atoms with E-state index in [9.17, 15) is 4.79 Å². The predicted molar refractivity (Wildman–Crippen MR) is 60.3 cm³/mol. The minimum absolute atomic E-state index is 0.0944. The van der Waals surface area contributed by atoms with E-state index in [4.69, 9.17) is 16.3 Å². The lowest BCUT2D eigenvalue weighted by atomic mass is 10.3. The Morgan fingerprint density at radius 2 is 2.35 bits per heavy atom. The van der Waals surface area contributed by atoms with Crippen LogP contribution < -0.4 is 10.1 Å². The lowest BCUT2D eigenvalue weighted by molar-refractivity contribution is 0.101. The summed E-state index contributed by atoms with van der Waals surface area (Å²) in [6.45, 7) is 0. The highest BCUT2D eigenvalue weighted by Gasteiger charge is 2.11. The van der Waals surface area contributed by atoms with Gasteiger partial charge in [-0.3, -0.25) is 4.79 Å². The molecule has 2 aromatic rings. The zero-order valence-electron chi connectivity index (χ0n) is 8.81. The van der Waals surface area contributed by atoms with E-state index in [2.05, 4.69) is 20.3 Å². The fourth-order valence-corrected chi connectivity index (χ4v) is 1.46. The number of anilines is 1. The Kier molecular flexibility index (Phi) is 3.24. The summed E-state index contributed by atoms with van der Waals surface area (Å²) < 4.78 is 9.32. The SMILES string of the molecule is COc1ccc(NC(=O)c2cnon2)cc1Cl. The van der Waals surface area contributed by atoms with Crippen LogP contribution in [0.1, 0.15) is 10.5 Å². The van der Waals surface area contributed by atoms with Crippen LogP contribution in [0.4, 0.5) is 5.69 Å². The van der Waals surface area contributed by atoms with Crippen LogP contribution in [-0.2, 0) is 0 Å². The van der Waals surface area contributed by atoms with E-state index in [0.29, 0.717) is 16.5 Å². The molecule has 0 aliphatic carbocycles. The van der Waals surface area contributed by atoms with Crippen LogP contribution in [0.15, 0.2) is 29.0 Å². The van der Waals surface area contributed by atoms with Crippen molar-refractivity contribution < 1.29 is 14.2 Å². The van der Waals surface area contributed by atoms with Gasteiger partial charge in [0.25, 0.3) is 5.91 Å². The molecule has 2 rings (SSSR count). The molecule has 0 bridgehead atoms. The van der Waals surface area contributed by atoms with Crippen molar-refractivity contribution in [2.45, 2.75) is 0 Å². The van der Waals surface area contributed by atoms with Gasteiger partial charge in [0, 0.05) is 5.69 Å². The monoisotopic (exact) mass is 253 g/mol. The molecule has 0 atom stereocenters. The molecular formula is C10H8ClN3O3. The average molecular weight is 254 g/mol. The quantitative estimate of drug-likeness (QED) is 0.905. The molecule has 88 valence electrons. The van der Waals surface area contributed by atoms with Crippen LogP contribution in [0.25, 0.3) is 0 Å². The highest BCUT2D eigenvalue weighted by Crippen LogP contribution is 2.27. The van der Waals surface area contributed by atoms with E-state index in [0.717, 1.165) is 0 Å². The molecule has 1 aromatic heterocycles. The second kappa shape index (κ2) is 4.84. The molecule has 0 aliphatic rings. The first-order valence-corrected chi connectivity index (χ1v) is 5.01. The number of hydrogen-bond acceptors (Lipinski definition) is 5. The summed E-state index contributed by atoms with van der Waals surface area (Å²) in [7, 11) is 1.51. The topological polar surface area (TPSA) is 77.2 Å². The van der Waals surface area contributed by atoms with Gasteiger partial charge in [-0.25, -0.2) is 4.63 Å². The Morgan fingerprint density at radius 1 is 1.53 bits per heavy atom. The van der Waals surface area contributed by atoms with Crippen molar-refractivity contribution in [1.82, 2.24) is 10.3 Å². The molecule has 0 saturated carbocycles. The van der Waals surface area contributed by atoms with Gasteiger partial charge in [0.15, 0.2) is 5.69 Å². The fourth-order valence-electron chi connectivity index (χ4n) is 1.20. The number of aromatic nitrogens is 2. The Balaban J connectivity index is 2.14. The summed E-state index contributed by atoms with van der Waals surface area (Å²) in [4.78, 5) is 11.6. The minimum Gasteiger partial charge on any atom is -0.495 e. The van der Waals surface area contributed by atoms with Gasteiger partial charge in [-0.15, -0.1) is 0 Å². The molecule has 6 nitrogen and oxygen atoms in total. The predicted octanol–water partition coefficient (Wildman–Crippen LogP) is 1.98. The largest absolute Gasteiger partial charge is 0.495 e. The standard InChI is InChI=1S/C10H8ClN3O3/c1-16-9-3-2-6(4-7(9)11)13-10(15)8-5-12-17-14-8/h2-5H,1H3,(H,13,15). The number of halogens is 1. The van der Waals surface area contributed by atoms with Gasteiger partial charge in [0.2, 0.25) is 0 Å². The number of benzene rings is 1. The molecule has 0 unspecified atom stereocenters. The fraction of sp³-hybridized carbons (Fsp3) is 0.100. The van der Waals surface area contributed by atoms with E-state index >= 15 is 0 Å². The first kappa shape index (κ1) is 11.4. The summed E-state index contributed by atoms with van der Waals surface area (Å²) in [5, 5.41) is 9.75. The van der Waals surface area contributed by atoms with Gasteiger partial charge in [-0.1, -0.05) is 16.8 Å². The van der Waals surface area contributed by atoms with Gasteiger partial charge in [-0.2, -0.15) is 0 Å². The Labute approximate surface area is 101 Å². The van der Waals surface area contributed by atoms with E-state index in [1.54, 1.807) is 18.2 Å². The molecule has 7 heteroatoms. The summed E-state index contributed by atoms with van der Waals surface area (Å²) in [6, 6.07) is 4.89. The van der Waals surface area contributed by atoms with Gasteiger partial charge in [0.05, 0.1) is 12.1 Å². The van der Waals surface area contributed by atoms with E-state index in [-0.39, 0.29) is 5.69 Å². The zero-order valence-corrected chi connectivity index (χ0v) is 9.56. The van der Waals surface area contributed by atoms with Gasteiger partial charge < -0.3 is 10.1 Å². The molecule has 0 radical (unpaired) electrons. The van der Waals surface area contributed by atoms with Gasteiger partial charge in [-0.05, 0) is 23.4 Å². The number of amides is 1. The molecular weight excluding hydrogens is 246 g/mol. The van der Waals surface area contributed by atoms with E-state index in [1.165, 1.54) is 13.3 Å². The number of nitrogens with one attached hydrogen (secondary N) is 1.